The summed E-state index contributed by atoms with van der Waals surface area (Å²) in [7, 11) is 0. The summed E-state index contributed by atoms with van der Waals surface area (Å²) in [6.07, 6.45) is 7.50. The van der Waals surface area contributed by atoms with Crippen LogP contribution in [0.2, 0.25) is 0 Å². The standard InChI is InChI=1S/C14H22O2/c1-9-10-5-4-7-12(13(10)15)14(16)8-3-2-6-11(9)14/h9-12,16H,2-8H2,1H3/t9-,10-,11-,12-,14-/m1/s1. The van der Waals surface area contributed by atoms with Crippen LogP contribution in [0.25, 0.3) is 0 Å². The van der Waals surface area contributed by atoms with E-state index in [4.69, 9.17) is 0 Å². The molecule has 3 aliphatic rings. The second-order valence-electron chi connectivity index (χ2n) is 6.19. The maximum Gasteiger partial charge on any atom is 0.142 e. The minimum absolute atomic E-state index is 0.0206. The molecule has 0 spiro atoms. The first kappa shape index (κ1) is 10.8. The topological polar surface area (TPSA) is 37.3 Å². The number of hydrogen-bond acceptors (Lipinski definition) is 2. The molecule has 2 bridgehead atoms. The second-order valence-corrected chi connectivity index (χ2v) is 6.19. The summed E-state index contributed by atoms with van der Waals surface area (Å²) >= 11 is 0. The van der Waals surface area contributed by atoms with Crippen LogP contribution in [-0.4, -0.2) is 16.5 Å². The van der Waals surface area contributed by atoms with E-state index in [2.05, 4.69) is 6.92 Å². The fourth-order valence-corrected chi connectivity index (χ4v) is 4.74. The van der Waals surface area contributed by atoms with Crippen LogP contribution in [0.5, 0.6) is 0 Å². The zero-order valence-electron chi connectivity index (χ0n) is 10.1. The van der Waals surface area contributed by atoms with Gasteiger partial charge in [-0.3, -0.25) is 4.79 Å². The van der Waals surface area contributed by atoms with Crippen molar-refractivity contribution >= 4 is 5.78 Å². The zero-order chi connectivity index (χ0) is 11.3. The first-order chi connectivity index (χ1) is 7.64. The van der Waals surface area contributed by atoms with Gasteiger partial charge in [0.25, 0.3) is 0 Å². The van der Waals surface area contributed by atoms with Crippen LogP contribution in [0.1, 0.15) is 51.9 Å². The molecule has 2 heteroatoms. The molecule has 3 rings (SSSR count). The van der Waals surface area contributed by atoms with Crippen molar-refractivity contribution in [3.8, 4) is 0 Å². The molecule has 3 fully saturated rings. The van der Waals surface area contributed by atoms with Crippen molar-refractivity contribution in [3.63, 3.8) is 0 Å². The number of fused-ring (bicyclic) bond motifs is 4. The van der Waals surface area contributed by atoms with E-state index in [0.29, 0.717) is 17.6 Å². The Labute approximate surface area is 97.4 Å². The Morgan fingerprint density at radius 3 is 2.81 bits per heavy atom. The van der Waals surface area contributed by atoms with Crippen LogP contribution in [0, 0.1) is 23.7 Å². The van der Waals surface area contributed by atoms with Gasteiger partial charge in [-0.05, 0) is 37.5 Å². The van der Waals surface area contributed by atoms with Crippen LogP contribution in [0.4, 0.5) is 0 Å². The average Bonchev–Trinajstić information content (AvgIpc) is 2.27. The van der Waals surface area contributed by atoms with E-state index >= 15 is 0 Å². The Morgan fingerprint density at radius 2 is 2.00 bits per heavy atom. The molecule has 16 heavy (non-hydrogen) atoms. The summed E-state index contributed by atoms with van der Waals surface area (Å²) in [4.78, 5) is 12.3. The quantitative estimate of drug-likeness (QED) is 0.684. The van der Waals surface area contributed by atoms with Crippen LogP contribution >= 0.6 is 0 Å². The maximum atomic E-state index is 12.3. The first-order valence-corrected chi connectivity index (χ1v) is 6.90. The van der Waals surface area contributed by atoms with Gasteiger partial charge in [0.05, 0.1) is 5.60 Å². The fraction of sp³-hybridized carbons (Fsp3) is 0.929. The summed E-state index contributed by atoms with van der Waals surface area (Å²) in [5.74, 6) is 1.44. The highest BCUT2D eigenvalue weighted by Gasteiger charge is 2.58. The molecule has 0 unspecified atom stereocenters. The number of Topliss-reactive ketones (excluding diaryl/α,β-unsaturated/α-hetero) is 1. The highest BCUT2D eigenvalue weighted by molar-refractivity contribution is 5.86. The smallest absolute Gasteiger partial charge is 0.142 e. The predicted molar refractivity (Wildman–Crippen MR) is 61.9 cm³/mol. The van der Waals surface area contributed by atoms with Crippen molar-refractivity contribution in [1.82, 2.24) is 0 Å². The third kappa shape index (κ3) is 1.25. The van der Waals surface area contributed by atoms with E-state index in [-0.39, 0.29) is 11.8 Å². The number of carbonyl (C=O) groups is 1. The molecule has 1 N–H and O–H groups in total. The third-order valence-electron chi connectivity index (χ3n) is 5.57. The Kier molecular flexibility index (Phi) is 2.39. The molecular weight excluding hydrogens is 200 g/mol. The minimum atomic E-state index is -0.633. The number of rotatable bonds is 0. The monoisotopic (exact) mass is 222 g/mol. The molecule has 0 radical (unpaired) electrons. The van der Waals surface area contributed by atoms with E-state index in [9.17, 15) is 9.90 Å². The number of ketones is 1. The SMILES string of the molecule is C[C@H]1[C@H]2CCCC[C@]2(O)[C@@H]2CCC[C@H]1C2=O. The molecular formula is C14H22O2. The highest BCUT2D eigenvalue weighted by Crippen LogP contribution is 2.54. The van der Waals surface area contributed by atoms with Gasteiger partial charge in [-0.25, -0.2) is 0 Å². The van der Waals surface area contributed by atoms with Crippen molar-refractivity contribution in [2.24, 2.45) is 23.7 Å². The molecule has 0 aromatic rings. The summed E-state index contributed by atoms with van der Waals surface area (Å²) in [6, 6.07) is 0. The molecule has 90 valence electrons. The lowest BCUT2D eigenvalue weighted by atomic mass is 9.51. The van der Waals surface area contributed by atoms with Gasteiger partial charge >= 0.3 is 0 Å². The maximum absolute atomic E-state index is 12.3. The van der Waals surface area contributed by atoms with Crippen molar-refractivity contribution in [1.29, 1.82) is 0 Å². The predicted octanol–water partition coefficient (Wildman–Crippen LogP) is 2.54. The molecule has 0 aliphatic heterocycles. The van der Waals surface area contributed by atoms with Crippen LogP contribution in [0.15, 0.2) is 0 Å². The van der Waals surface area contributed by atoms with Crippen molar-refractivity contribution in [2.75, 3.05) is 0 Å². The van der Waals surface area contributed by atoms with Crippen molar-refractivity contribution < 1.29 is 9.90 Å². The highest BCUT2D eigenvalue weighted by atomic mass is 16.3. The van der Waals surface area contributed by atoms with Gasteiger partial charge in [0.15, 0.2) is 0 Å². The van der Waals surface area contributed by atoms with Crippen LogP contribution < -0.4 is 0 Å². The van der Waals surface area contributed by atoms with Gasteiger partial charge in [0.1, 0.15) is 5.78 Å². The lowest BCUT2D eigenvalue weighted by molar-refractivity contribution is -0.179. The number of hydrogen-bond donors (Lipinski definition) is 1. The summed E-state index contributed by atoms with van der Waals surface area (Å²) in [6.45, 7) is 2.20. The largest absolute Gasteiger partial charge is 0.389 e. The fourth-order valence-electron chi connectivity index (χ4n) is 4.74. The Bertz CT molecular complexity index is 312. The Balaban J connectivity index is 2.00. The Morgan fingerprint density at radius 1 is 1.19 bits per heavy atom. The number of aliphatic hydroxyl groups is 1. The van der Waals surface area contributed by atoms with Gasteiger partial charge in [0, 0.05) is 11.8 Å². The third-order valence-corrected chi connectivity index (χ3v) is 5.57. The van der Waals surface area contributed by atoms with E-state index in [1.165, 1.54) is 6.42 Å². The molecule has 0 amide bonds. The summed E-state index contributed by atoms with van der Waals surface area (Å²) < 4.78 is 0. The number of carbonyl (C=O) groups excluding carboxylic acids is 1. The van der Waals surface area contributed by atoms with E-state index < -0.39 is 5.60 Å². The van der Waals surface area contributed by atoms with Crippen LogP contribution in [0.3, 0.4) is 0 Å². The molecule has 3 aliphatic carbocycles. The van der Waals surface area contributed by atoms with Crippen LogP contribution in [-0.2, 0) is 4.79 Å². The van der Waals surface area contributed by atoms with E-state index in [1.54, 1.807) is 0 Å². The Hall–Kier alpha value is -0.370. The second kappa shape index (κ2) is 3.56. The van der Waals surface area contributed by atoms with Gasteiger partial charge in [-0.2, -0.15) is 0 Å². The molecule has 0 heterocycles. The van der Waals surface area contributed by atoms with Gasteiger partial charge < -0.3 is 5.11 Å². The zero-order valence-corrected chi connectivity index (χ0v) is 10.1. The van der Waals surface area contributed by atoms with Gasteiger partial charge in [0.2, 0.25) is 0 Å². The van der Waals surface area contributed by atoms with Gasteiger partial charge in [-0.15, -0.1) is 0 Å². The summed E-state index contributed by atoms with van der Waals surface area (Å²) in [5.41, 5.74) is -0.633. The van der Waals surface area contributed by atoms with E-state index in [0.717, 1.165) is 38.5 Å². The molecule has 0 aromatic carbocycles. The molecule has 5 atom stereocenters. The first-order valence-electron chi connectivity index (χ1n) is 6.90. The van der Waals surface area contributed by atoms with Crippen molar-refractivity contribution in [3.05, 3.63) is 0 Å². The van der Waals surface area contributed by atoms with E-state index in [1.807, 2.05) is 0 Å². The average molecular weight is 222 g/mol. The molecule has 0 aromatic heterocycles. The lowest BCUT2D eigenvalue weighted by Crippen LogP contribution is -2.61. The molecule has 3 saturated carbocycles. The minimum Gasteiger partial charge on any atom is -0.389 e. The van der Waals surface area contributed by atoms with Crippen molar-refractivity contribution in [2.45, 2.75) is 57.5 Å². The lowest BCUT2D eigenvalue weighted by Gasteiger charge is -2.55. The summed E-state index contributed by atoms with van der Waals surface area (Å²) in [5, 5.41) is 10.9. The normalized spacial score (nSPS) is 52.2. The van der Waals surface area contributed by atoms with Gasteiger partial charge in [-0.1, -0.05) is 26.2 Å². The molecule has 0 saturated heterocycles. The molecule has 2 nitrogen and oxygen atoms in total.